The van der Waals surface area contributed by atoms with Gasteiger partial charge in [0.2, 0.25) is 5.89 Å². The first-order valence-electron chi connectivity index (χ1n) is 9.41. The van der Waals surface area contributed by atoms with Crippen molar-refractivity contribution >= 4 is 0 Å². The Hall–Kier alpha value is -1.73. The van der Waals surface area contributed by atoms with Gasteiger partial charge >= 0.3 is 0 Å². The van der Waals surface area contributed by atoms with Crippen LogP contribution in [0.3, 0.4) is 0 Å². The Morgan fingerprint density at radius 1 is 1.20 bits per heavy atom. The summed E-state index contributed by atoms with van der Waals surface area (Å²) < 4.78 is 13.7. The second-order valence-corrected chi connectivity index (χ2v) is 7.21. The van der Waals surface area contributed by atoms with E-state index in [-0.39, 0.29) is 12.0 Å². The molecule has 2 atom stereocenters. The molecule has 0 aromatic carbocycles. The maximum Gasteiger partial charge on any atom is 0.232 e. The van der Waals surface area contributed by atoms with Gasteiger partial charge in [-0.1, -0.05) is 5.16 Å². The minimum absolute atomic E-state index is 0.224. The molecule has 0 radical (unpaired) electrons. The SMILES string of the molecule is Cc1noc([C@@H]2CCCO[C@H]2C2CCN(CCn3cccn3)CC2)n1. The van der Waals surface area contributed by atoms with E-state index in [1.807, 2.05) is 30.1 Å². The Balaban J connectivity index is 1.32. The number of nitrogens with zero attached hydrogens (tertiary/aromatic N) is 5. The van der Waals surface area contributed by atoms with Gasteiger partial charge in [0, 0.05) is 25.5 Å². The van der Waals surface area contributed by atoms with Gasteiger partial charge in [0.25, 0.3) is 0 Å². The molecule has 2 aliphatic heterocycles. The number of hydrogen-bond donors (Lipinski definition) is 0. The maximum atomic E-state index is 6.19. The Kier molecular flexibility index (Phi) is 5.12. The van der Waals surface area contributed by atoms with Crippen LogP contribution in [-0.4, -0.2) is 57.2 Å². The van der Waals surface area contributed by atoms with Crippen molar-refractivity contribution in [1.29, 1.82) is 0 Å². The van der Waals surface area contributed by atoms with Gasteiger partial charge in [0.05, 0.1) is 18.6 Å². The fourth-order valence-corrected chi connectivity index (χ4v) is 4.18. The molecule has 0 aliphatic carbocycles. The molecule has 0 unspecified atom stereocenters. The fourth-order valence-electron chi connectivity index (χ4n) is 4.18. The Labute approximate surface area is 148 Å². The lowest BCUT2D eigenvalue weighted by Gasteiger charge is -2.40. The van der Waals surface area contributed by atoms with Crippen LogP contribution in [0.5, 0.6) is 0 Å². The van der Waals surface area contributed by atoms with Crippen LogP contribution in [0.4, 0.5) is 0 Å². The summed E-state index contributed by atoms with van der Waals surface area (Å²) in [5.74, 6) is 2.32. The number of likely N-dealkylation sites (tertiary alicyclic amines) is 1. The van der Waals surface area contributed by atoms with Crippen LogP contribution in [0.2, 0.25) is 0 Å². The molecule has 0 bridgehead atoms. The Morgan fingerprint density at radius 3 is 2.80 bits per heavy atom. The standard InChI is InChI=1S/C18H27N5O2/c1-14-20-18(25-21-14)16-4-2-13-24-17(16)15-5-9-22(10-6-15)11-12-23-8-3-7-19-23/h3,7-8,15-17H,2,4-6,9-13H2,1H3/t16-,17+/m1/s1. The third kappa shape index (κ3) is 3.93. The number of hydrogen-bond acceptors (Lipinski definition) is 6. The molecule has 0 saturated carbocycles. The van der Waals surface area contributed by atoms with Gasteiger partial charge in [-0.05, 0) is 57.7 Å². The molecule has 25 heavy (non-hydrogen) atoms. The minimum atomic E-state index is 0.224. The van der Waals surface area contributed by atoms with Crippen LogP contribution in [0.1, 0.15) is 43.3 Å². The van der Waals surface area contributed by atoms with Gasteiger partial charge in [0.15, 0.2) is 5.82 Å². The monoisotopic (exact) mass is 345 g/mol. The van der Waals surface area contributed by atoms with Crippen LogP contribution >= 0.6 is 0 Å². The molecule has 2 aliphatic rings. The number of aromatic nitrogens is 4. The second-order valence-electron chi connectivity index (χ2n) is 7.21. The van der Waals surface area contributed by atoms with Crippen LogP contribution in [-0.2, 0) is 11.3 Å². The van der Waals surface area contributed by atoms with E-state index in [0.717, 1.165) is 51.5 Å². The second kappa shape index (κ2) is 7.66. The van der Waals surface area contributed by atoms with E-state index in [1.165, 1.54) is 12.8 Å². The van der Waals surface area contributed by atoms with Crippen molar-refractivity contribution in [2.75, 3.05) is 26.2 Å². The summed E-state index contributed by atoms with van der Waals surface area (Å²) in [6, 6.07) is 1.98. The van der Waals surface area contributed by atoms with E-state index in [4.69, 9.17) is 9.26 Å². The lowest BCUT2D eigenvalue weighted by atomic mass is 9.81. The van der Waals surface area contributed by atoms with E-state index in [1.54, 1.807) is 0 Å². The molecule has 7 nitrogen and oxygen atoms in total. The van der Waals surface area contributed by atoms with E-state index in [2.05, 4.69) is 20.1 Å². The summed E-state index contributed by atoms with van der Waals surface area (Å²) >= 11 is 0. The lowest BCUT2D eigenvalue weighted by molar-refractivity contribution is -0.0581. The molecule has 2 fully saturated rings. The Bertz CT molecular complexity index is 648. The van der Waals surface area contributed by atoms with Crippen LogP contribution in [0.25, 0.3) is 0 Å². The van der Waals surface area contributed by atoms with Gasteiger partial charge in [-0.25, -0.2) is 0 Å². The average Bonchev–Trinajstić information content (AvgIpc) is 3.32. The zero-order valence-corrected chi connectivity index (χ0v) is 14.9. The number of piperidine rings is 1. The first-order valence-corrected chi connectivity index (χ1v) is 9.41. The van der Waals surface area contributed by atoms with E-state index in [0.29, 0.717) is 11.7 Å². The third-order valence-corrected chi connectivity index (χ3v) is 5.53. The highest BCUT2D eigenvalue weighted by Crippen LogP contribution is 2.37. The summed E-state index contributed by atoms with van der Waals surface area (Å²) in [6.07, 6.45) is 8.60. The molecule has 2 aromatic rings. The quantitative estimate of drug-likeness (QED) is 0.828. The molecule has 4 rings (SSSR count). The zero-order chi connectivity index (χ0) is 17.1. The summed E-state index contributed by atoms with van der Waals surface area (Å²) in [7, 11) is 0. The molecule has 0 amide bonds. The topological polar surface area (TPSA) is 69.2 Å². The summed E-state index contributed by atoms with van der Waals surface area (Å²) in [6.45, 7) is 7.01. The van der Waals surface area contributed by atoms with Crippen LogP contribution in [0.15, 0.2) is 23.0 Å². The molecular formula is C18H27N5O2. The van der Waals surface area contributed by atoms with E-state index in [9.17, 15) is 0 Å². The lowest BCUT2D eigenvalue weighted by Crippen LogP contribution is -2.43. The van der Waals surface area contributed by atoms with Crippen molar-refractivity contribution in [2.45, 2.75) is 51.2 Å². The van der Waals surface area contributed by atoms with E-state index >= 15 is 0 Å². The highest BCUT2D eigenvalue weighted by atomic mass is 16.5. The smallest absolute Gasteiger partial charge is 0.232 e. The van der Waals surface area contributed by atoms with Gasteiger partial charge < -0.3 is 14.2 Å². The van der Waals surface area contributed by atoms with Crippen LogP contribution in [0, 0.1) is 12.8 Å². The first-order chi connectivity index (χ1) is 12.3. The maximum absolute atomic E-state index is 6.19. The highest BCUT2D eigenvalue weighted by molar-refractivity contribution is 5.01. The van der Waals surface area contributed by atoms with Crippen molar-refractivity contribution < 1.29 is 9.26 Å². The Morgan fingerprint density at radius 2 is 2.08 bits per heavy atom. The molecule has 0 N–H and O–H groups in total. The highest BCUT2D eigenvalue weighted by Gasteiger charge is 2.38. The largest absolute Gasteiger partial charge is 0.377 e. The van der Waals surface area contributed by atoms with Gasteiger partial charge in [0.1, 0.15) is 0 Å². The average molecular weight is 345 g/mol. The van der Waals surface area contributed by atoms with Crippen molar-refractivity contribution in [3.8, 4) is 0 Å². The van der Waals surface area contributed by atoms with Crippen molar-refractivity contribution in [1.82, 2.24) is 24.8 Å². The van der Waals surface area contributed by atoms with E-state index < -0.39 is 0 Å². The van der Waals surface area contributed by atoms with Crippen molar-refractivity contribution in [3.05, 3.63) is 30.2 Å². The molecular weight excluding hydrogens is 318 g/mol. The van der Waals surface area contributed by atoms with Crippen molar-refractivity contribution in [3.63, 3.8) is 0 Å². The minimum Gasteiger partial charge on any atom is -0.377 e. The predicted octanol–water partition coefficient (Wildman–Crippen LogP) is 2.25. The van der Waals surface area contributed by atoms with Crippen LogP contribution < -0.4 is 0 Å². The van der Waals surface area contributed by atoms with Gasteiger partial charge in [-0.2, -0.15) is 10.1 Å². The molecule has 2 aromatic heterocycles. The van der Waals surface area contributed by atoms with Crippen molar-refractivity contribution in [2.24, 2.45) is 5.92 Å². The number of rotatable bonds is 5. The molecule has 7 heteroatoms. The fraction of sp³-hybridized carbons (Fsp3) is 0.722. The normalized spacial score (nSPS) is 26.1. The van der Waals surface area contributed by atoms with Gasteiger partial charge in [-0.3, -0.25) is 4.68 Å². The van der Waals surface area contributed by atoms with Gasteiger partial charge in [-0.15, -0.1) is 0 Å². The molecule has 2 saturated heterocycles. The zero-order valence-electron chi connectivity index (χ0n) is 14.9. The number of aryl methyl sites for hydroxylation is 1. The molecule has 4 heterocycles. The summed E-state index contributed by atoms with van der Waals surface area (Å²) in [5, 5.41) is 8.26. The summed E-state index contributed by atoms with van der Waals surface area (Å²) in [5.41, 5.74) is 0. The summed E-state index contributed by atoms with van der Waals surface area (Å²) in [4.78, 5) is 7.01. The third-order valence-electron chi connectivity index (χ3n) is 5.53. The number of ether oxygens (including phenoxy) is 1. The predicted molar refractivity (Wildman–Crippen MR) is 92.1 cm³/mol. The molecule has 136 valence electrons. The molecule has 0 spiro atoms. The first kappa shape index (κ1) is 16.7.